The van der Waals surface area contributed by atoms with Gasteiger partial charge in [0.1, 0.15) is 11.3 Å². The number of unbranched alkanes of at least 4 members (excludes halogenated alkanes) is 14. The Hall–Kier alpha value is -2.45. The number of carbonyl (C=O) groups is 3. The summed E-state index contributed by atoms with van der Waals surface area (Å²) in [4.78, 5) is 33.3. The second kappa shape index (κ2) is 23.9. The molecule has 0 heterocycles. The quantitative estimate of drug-likeness (QED) is 0.117. The third kappa shape index (κ3) is 19.3. The summed E-state index contributed by atoms with van der Waals surface area (Å²) in [5.41, 5.74) is 0.190. The average Bonchev–Trinajstić information content (AvgIpc) is 2.90. The zero-order chi connectivity index (χ0) is 27.7. The Morgan fingerprint density at radius 2 is 1.24 bits per heavy atom. The smallest absolute Gasteiger partial charge is 0.345 e. The highest BCUT2D eigenvalue weighted by atomic mass is 16.6. The number of esters is 3. The van der Waals surface area contributed by atoms with E-state index < -0.39 is 30.6 Å². The van der Waals surface area contributed by atoms with E-state index >= 15 is 0 Å². The van der Waals surface area contributed by atoms with E-state index in [1.165, 1.54) is 96.3 Å². The maximum Gasteiger partial charge on any atom is 0.345 e. The summed E-state index contributed by atoms with van der Waals surface area (Å²) in [6.07, 6.45) is 17.4. The van der Waals surface area contributed by atoms with Gasteiger partial charge in [-0.3, -0.25) is 4.79 Å². The molecule has 0 aromatic heterocycles. The molecule has 1 atom stereocenters. The van der Waals surface area contributed by atoms with Crippen molar-refractivity contribution in [1.82, 2.24) is 0 Å². The van der Waals surface area contributed by atoms with Crippen molar-refractivity contribution in [3.63, 3.8) is 0 Å². The fourth-order valence-electron chi connectivity index (χ4n) is 3.70. The number of hydrogen-bond acceptors (Lipinski definition) is 8. The first-order valence-electron chi connectivity index (χ1n) is 13.8. The summed E-state index contributed by atoms with van der Waals surface area (Å²) in [7, 11) is 1.27. The number of benzene rings is 1. The Morgan fingerprint density at radius 3 is 1.68 bits per heavy atom. The molecule has 0 aliphatic rings. The molecule has 3 N–H and O–H groups in total. The highest BCUT2D eigenvalue weighted by Crippen LogP contribution is 2.16. The van der Waals surface area contributed by atoms with Crippen molar-refractivity contribution in [2.45, 2.75) is 116 Å². The predicted octanol–water partition coefficient (Wildman–Crippen LogP) is 5.85. The van der Waals surface area contributed by atoms with E-state index in [0.29, 0.717) is 6.42 Å². The topological polar surface area (TPSA) is 130 Å². The molecule has 0 saturated heterocycles. The average molecular weight is 525 g/mol. The van der Waals surface area contributed by atoms with Gasteiger partial charge >= 0.3 is 17.9 Å². The Labute approximate surface area is 222 Å². The molecule has 0 amide bonds. The molecular weight excluding hydrogens is 476 g/mol. The lowest BCUT2D eigenvalue weighted by Gasteiger charge is -2.06. The van der Waals surface area contributed by atoms with Gasteiger partial charge in [-0.15, -0.1) is 0 Å². The van der Waals surface area contributed by atoms with Gasteiger partial charge in [-0.1, -0.05) is 109 Å². The van der Waals surface area contributed by atoms with E-state index in [0.717, 1.165) is 12.8 Å². The monoisotopic (exact) mass is 524 g/mol. The standard InChI is InChI=1S/C21H40O5.C8H8O3/c1-2-3-4-5-6-7-8-9-10-11-12-13-14-15-16-17-20(24)26-21(25)19(23)18-22;1-11-8(10)6-4-2-3-5-7(6)9/h19,22-23H,2-18H2,1H3;2-5,9H,1H3. The van der Waals surface area contributed by atoms with Crippen LogP contribution >= 0.6 is 0 Å². The van der Waals surface area contributed by atoms with E-state index in [4.69, 9.17) is 15.3 Å². The van der Waals surface area contributed by atoms with Crippen LogP contribution in [0, 0.1) is 0 Å². The molecule has 1 aromatic rings. The van der Waals surface area contributed by atoms with E-state index in [-0.39, 0.29) is 17.7 Å². The highest BCUT2D eigenvalue weighted by molar-refractivity contribution is 5.92. The van der Waals surface area contributed by atoms with Crippen LogP contribution in [0.25, 0.3) is 0 Å². The van der Waals surface area contributed by atoms with Gasteiger partial charge in [0, 0.05) is 6.42 Å². The molecule has 1 aromatic carbocycles. The van der Waals surface area contributed by atoms with Crippen LogP contribution in [0.5, 0.6) is 5.75 Å². The van der Waals surface area contributed by atoms with Crippen molar-refractivity contribution in [2.75, 3.05) is 13.7 Å². The molecule has 8 heteroatoms. The number of phenolic OH excluding ortho intramolecular Hbond substituents is 1. The summed E-state index contributed by atoms with van der Waals surface area (Å²) in [5.74, 6) is -2.28. The van der Waals surface area contributed by atoms with Gasteiger partial charge in [-0.2, -0.15) is 0 Å². The molecule has 0 fully saturated rings. The molecule has 1 unspecified atom stereocenters. The van der Waals surface area contributed by atoms with Crippen LogP contribution in [-0.2, 0) is 19.1 Å². The van der Waals surface area contributed by atoms with Crippen LogP contribution in [0.1, 0.15) is 120 Å². The fourth-order valence-corrected chi connectivity index (χ4v) is 3.70. The first-order chi connectivity index (χ1) is 17.9. The van der Waals surface area contributed by atoms with E-state index in [2.05, 4.69) is 16.4 Å². The van der Waals surface area contributed by atoms with Crippen molar-refractivity contribution in [1.29, 1.82) is 0 Å². The number of hydrogen-bond donors (Lipinski definition) is 3. The number of aliphatic hydroxyl groups is 2. The number of methoxy groups -OCH3 is 1. The molecule has 37 heavy (non-hydrogen) atoms. The maximum atomic E-state index is 11.4. The van der Waals surface area contributed by atoms with Crippen LogP contribution in [-0.4, -0.2) is 53.0 Å². The lowest BCUT2D eigenvalue weighted by atomic mass is 10.0. The lowest BCUT2D eigenvalue weighted by molar-refractivity contribution is -0.167. The van der Waals surface area contributed by atoms with Crippen LogP contribution in [0.4, 0.5) is 0 Å². The van der Waals surface area contributed by atoms with E-state index in [1.807, 2.05) is 0 Å². The number of para-hydroxylation sites is 1. The zero-order valence-corrected chi connectivity index (χ0v) is 22.8. The molecule has 0 saturated carbocycles. The molecule has 8 nitrogen and oxygen atoms in total. The minimum atomic E-state index is -1.62. The molecule has 0 spiro atoms. The van der Waals surface area contributed by atoms with Gasteiger partial charge in [0.25, 0.3) is 0 Å². The maximum absolute atomic E-state index is 11.4. The number of rotatable bonds is 19. The first kappa shape index (κ1) is 34.6. The van der Waals surface area contributed by atoms with Crippen molar-refractivity contribution in [2.24, 2.45) is 0 Å². The van der Waals surface area contributed by atoms with Gasteiger partial charge in [0.05, 0.1) is 13.7 Å². The molecule has 0 radical (unpaired) electrons. The van der Waals surface area contributed by atoms with Crippen LogP contribution < -0.4 is 0 Å². The summed E-state index contributed by atoms with van der Waals surface area (Å²) in [6.45, 7) is 1.52. The Balaban J connectivity index is 0.000000970. The Kier molecular flexibility index (Phi) is 22.3. The molecule has 212 valence electrons. The van der Waals surface area contributed by atoms with Gasteiger partial charge < -0.3 is 24.8 Å². The van der Waals surface area contributed by atoms with Crippen molar-refractivity contribution in [3.05, 3.63) is 29.8 Å². The lowest BCUT2D eigenvalue weighted by Crippen LogP contribution is -2.28. The highest BCUT2D eigenvalue weighted by Gasteiger charge is 2.18. The first-order valence-corrected chi connectivity index (χ1v) is 13.8. The second-order valence-electron chi connectivity index (χ2n) is 9.20. The van der Waals surface area contributed by atoms with E-state index in [9.17, 15) is 14.4 Å². The van der Waals surface area contributed by atoms with Gasteiger partial charge in [0.2, 0.25) is 0 Å². The Morgan fingerprint density at radius 1 is 0.784 bits per heavy atom. The minimum Gasteiger partial charge on any atom is -0.507 e. The van der Waals surface area contributed by atoms with Crippen LogP contribution in [0.3, 0.4) is 0 Å². The summed E-state index contributed by atoms with van der Waals surface area (Å²) in [6, 6.07) is 6.24. The fraction of sp³-hybridized carbons (Fsp3) is 0.690. The van der Waals surface area contributed by atoms with Gasteiger partial charge in [-0.05, 0) is 18.6 Å². The number of ether oxygens (including phenoxy) is 2. The minimum absolute atomic E-state index is 0.0562. The molecule has 0 bridgehead atoms. The SMILES string of the molecule is CCCCCCCCCCCCCCCCCC(=O)OC(=O)C(O)CO.COC(=O)c1ccccc1O. The van der Waals surface area contributed by atoms with Crippen LogP contribution in [0.2, 0.25) is 0 Å². The van der Waals surface area contributed by atoms with Crippen molar-refractivity contribution < 1.29 is 39.2 Å². The summed E-state index contributed by atoms with van der Waals surface area (Å²) >= 11 is 0. The van der Waals surface area contributed by atoms with Crippen LogP contribution in [0.15, 0.2) is 24.3 Å². The molecule has 1 rings (SSSR count). The van der Waals surface area contributed by atoms with Gasteiger partial charge in [0.15, 0.2) is 6.10 Å². The largest absolute Gasteiger partial charge is 0.507 e. The van der Waals surface area contributed by atoms with Gasteiger partial charge in [-0.25, -0.2) is 9.59 Å². The number of phenols is 1. The van der Waals surface area contributed by atoms with Crippen molar-refractivity contribution in [3.8, 4) is 5.75 Å². The Bertz CT molecular complexity index is 734. The predicted molar refractivity (Wildman–Crippen MR) is 143 cm³/mol. The zero-order valence-electron chi connectivity index (χ0n) is 22.8. The molecular formula is C29H48O8. The molecule has 0 aliphatic heterocycles. The third-order valence-electron chi connectivity index (χ3n) is 5.95. The number of carbonyl (C=O) groups excluding carboxylic acids is 3. The summed E-state index contributed by atoms with van der Waals surface area (Å²) < 4.78 is 8.85. The summed E-state index contributed by atoms with van der Waals surface area (Å²) in [5, 5.41) is 26.7. The normalized spacial score (nSPS) is 11.2. The molecule has 0 aliphatic carbocycles. The second-order valence-corrected chi connectivity index (χ2v) is 9.20. The third-order valence-corrected chi connectivity index (χ3v) is 5.95. The number of aromatic hydroxyl groups is 1. The van der Waals surface area contributed by atoms with E-state index in [1.54, 1.807) is 12.1 Å². The number of aliphatic hydroxyl groups excluding tert-OH is 2. The van der Waals surface area contributed by atoms with Crippen molar-refractivity contribution >= 4 is 17.9 Å².